The molecule has 1 fully saturated rings. The van der Waals surface area contributed by atoms with E-state index in [1.54, 1.807) is 6.07 Å². The van der Waals surface area contributed by atoms with E-state index in [1.165, 1.54) is 5.56 Å². The van der Waals surface area contributed by atoms with E-state index in [9.17, 15) is 9.59 Å². The zero-order valence-electron chi connectivity index (χ0n) is 14.8. The van der Waals surface area contributed by atoms with E-state index in [4.69, 9.17) is 0 Å². The third kappa shape index (κ3) is 3.73. The highest BCUT2D eigenvalue weighted by Crippen LogP contribution is 2.48. The lowest BCUT2D eigenvalue weighted by Crippen LogP contribution is -2.34. The first-order valence-corrected chi connectivity index (χ1v) is 8.78. The number of hydrogen-bond donors (Lipinski definition) is 2. The number of nitrogens with one attached hydrogen (secondary N) is 2. The van der Waals surface area contributed by atoms with Crippen LogP contribution >= 0.6 is 0 Å². The van der Waals surface area contributed by atoms with Gasteiger partial charge in [0.2, 0.25) is 5.91 Å². The Balaban J connectivity index is 1.67. The fraction of sp³-hybridized carbons (Fsp3) is 0.333. The van der Waals surface area contributed by atoms with E-state index >= 15 is 0 Å². The maximum Gasteiger partial charge on any atom is 0.251 e. The van der Waals surface area contributed by atoms with Gasteiger partial charge in [0, 0.05) is 18.7 Å². The Morgan fingerprint density at radius 3 is 2.48 bits per heavy atom. The van der Waals surface area contributed by atoms with E-state index in [1.807, 2.05) is 50.2 Å². The number of carbonyl (C=O) groups is 2. The van der Waals surface area contributed by atoms with Crippen molar-refractivity contribution in [2.75, 3.05) is 6.54 Å². The molecule has 130 valence electrons. The molecule has 2 N–H and O–H groups in total. The maximum absolute atomic E-state index is 12.7. The molecule has 1 saturated carbocycles. The Bertz CT molecular complexity index is 794. The lowest BCUT2D eigenvalue weighted by molar-refractivity contribution is -0.123. The molecule has 0 atom stereocenters. The van der Waals surface area contributed by atoms with Crippen molar-refractivity contribution in [2.45, 2.75) is 38.6 Å². The second kappa shape index (κ2) is 7.09. The quantitative estimate of drug-likeness (QED) is 0.852. The summed E-state index contributed by atoms with van der Waals surface area (Å²) in [7, 11) is 0. The fourth-order valence-electron chi connectivity index (χ4n) is 3.15. The highest BCUT2D eigenvalue weighted by Gasteiger charge is 2.51. The van der Waals surface area contributed by atoms with Crippen molar-refractivity contribution in [3.05, 3.63) is 70.8 Å². The molecule has 4 heteroatoms. The van der Waals surface area contributed by atoms with Gasteiger partial charge >= 0.3 is 0 Å². The van der Waals surface area contributed by atoms with Crippen LogP contribution in [0.2, 0.25) is 0 Å². The van der Waals surface area contributed by atoms with E-state index in [0.717, 1.165) is 24.0 Å². The predicted molar refractivity (Wildman–Crippen MR) is 98.4 cm³/mol. The normalized spacial score (nSPS) is 14.6. The lowest BCUT2D eigenvalue weighted by atomic mass is 9.93. The van der Waals surface area contributed by atoms with Gasteiger partial charge in [-0.2, -0.15) is 0 Å². The number of benzene rings is 2. The van der Waals surface area contributed by atoms with Gasteiger partial charge in [0.15, 0.2) is 0 Å². The summed E-state index contributed by atoms with van der Waals surface area (Å²) in [5, 5.41) is 5.84. The SMILES string of the molecule is CCNC(=O)c1cccc(CNC(=O)C2(c3cccc(C)c3)CC2)c1. The summed E-state index contributed by atoms with van der Waals surface area (Å²) in [6.45, 7) is 4.96. The highest BCUT2D eigenvalue weighted by atomic mass is 16.2. The summed E-state index contributed by atoms with van der Waals surface area (Å²) < 4.78 is 0. The van der Waals surface area contributed by atoms with Crippen molar-refractivity contribution in [1.82, 2.24) is 10.6 Å². The van der Waals surface area contributed by atoms with Crippen LogP contribution in [0.25, 0.3) is 0 Å². The molecule has 1 aliphatic carbocycles. The molecule has 2 aromatic carbocycles. The first-order chi connectivity index (χ1) is 12.0. The average molecular weight is 336 g/mol. The van der Waals surface area contributed by atoms with E-state index < -0.39 is 0 Å². The molecule has 0 aromatic heterocycles. The molecule has 3 rings (SSSR count). The number of rotatable bonds is 6. The van der Waals surface area contributed by atoms with Crippen LogP contribution in [-0.4, -0.2) is 18.4 Å². The molecule has 4 nitrogen and oxygen atoms in total. The van der Waals surface area contributed by atoms with Crippen LogP contribution in [0.1, 0.15) is 46.8 Å². The Labute approximate surface area is 148 Å². The molecule has 0 radical (unpaired) electrons. The topological polar surface area (TPSA) is 58.2 Å². The second-order valence-electron chi connectivity index (χ2n) is 6.69. The van der Waals surface area contributed by atoms with Gasteiger partial charge in [-0.15, -0.1) is 0 Å². The van der Waals surface area contributed by atoms with Crippen LogP contribution in [0, 0.1) is 6.92 Å². The van der Waals surface area contributed by atoms with Gasteiger partial charge in [-0.05, 0) is 49.9 Å². The summed E-state index contributed by atoms with van der Waals surface area (Å²) in [6.07, 6.45) is 1.78. The molecule has 0 spiro atoms. The third-order valence-corrected chi connectivity index (χ3v) is 4.73. The van der Waals surface area contributed by atoms with Gasteiger partial charge in [-0.25, -0.2) is 0 Å². The summed E-state index contributed by atoms with van der Waals surface area (Å²) in [4.78, 5) is 24.7. The van der Waals surface area contributed by atoms with Crippen LogP contribution in [-0.2, 0) is 16.8 Å². The van der Waals surface area contributed by atoms with Crippen molar-refractivity contribution in [1.29, 1.82) is 0 Å². The predicted octanol–water partition coefficient (Wildman–Crippen LogP) is 3.09. The van der Waals surface area contributed by atoms with E-state index in [0.29, 0.717) is 18.7 Å². The van der Waals surface area contributed by atoms with Gasteiger partial charge in [-0.1, -0.05) is 42.0 Å². The summed E-state index contributed by atoms with van der Waals surface area (Å²) in [5.41, 5.74) is 3.45. The number of amides is 2. The lowest BCUT2D eigenvalue weighted by Gasteiger charge is -2.16. The van der Waals surface area contributed by atoms with E-state index in [-0.39, 0.29) is 17.2 Å². The third-order valence-electron chi connectivity index (χ3n) is 4.73. The van der Waals surface area contributed by atoms with Gasteiger partial charge < -0.3 is 10.6 Å². The minimum Gasteiger partial charge on any atom is -0.352 e. The van der Waals surface area contributed by atoms with Gasteiger partial charge in [0.25, 0.3) is 5.91 Å². The molecule has 2 aromatic rings. The highest BCUT2D eigenvalue weighted by molar-refractivity contribution is 5.94. The van der Waals surface area contributed by atoms with Gasteiger partial charge in [0.05, 0.1) is 5.41 Å². The van der Waals surface area contributed by atoms with Crippen molar-refractivity contribution in [3.63, 3.8) is 0 Å². The first kappa shape index (κ1) is 17.2. The van der Waals surface area contributed by atoms with E-state index in [2.05, 4.69) is 16.7 Å². The summed E-state index contributed by atoms with van der Waals surface area (Å²) in [5.74, 6) is -0.0180. The minimum absolute atomic E-state index is 0.0708. The van der Waals surface area contributed by atoms with Crippen LogP contribution < -0.4 is 10.6 Å². The molecule has 2 amide bonds. The number of carbonyl (C=O) groups excluding carboxylic acids is 2. The molecule has 0 aliphatic heterocycles. The zero-order valence-corrected chi connectivity index (χ0v) is 14.8. The first-order valence-electron chi connectivity index (χ1n) is 8.78. The average Bonchev–Trinajstić information content (AvgIpc) is 3.42. The van der Waals surface area contributed by atoms with Crippen molar-refractivity contribution < 1.29 is 9.59 Å². The molecule has 0 bridgehead atoms. The maximum atomic E-state index is 12.7. The molecule has 0 heterocycles. The van der Waals surface area contributed by atoms with Crippen molar-refractivity contribution in [2.24, 2.45) is 0 Å². The summed E-state index contributed by atoms with van der Waals surface area (Å²) in [6, 6.07) is 15.6. The molecular formula is C21H24N2O2. The zero-order chi connectivity index (χ0) is 17.9. The monoisotopic (exact) mass is 336 g/mol. The van der Waals surface area contributed by atoms with Crippen molar-refractivity contribution >= 4 is 11.8 Å². The fourth-order valence-corrected chi connectivity index (χ4v) is 3.15. The molecular weight excluding hydrogens is 312 g/mol. The minimum atomic E-state index is -0.372. The largest absolute Gasteiger partial charge is 0.352 e. The smallest absolute Gasteiger partial charge is 0.251 e. The Hall–Kier alpha value is -2.62. The van der Waals surface area contributed by atoms with Crippen LogP contribution in [0.15, 0.2) is 48.5 Å². The number of aryl methyl sites for hydroxylation is 1. The van der Waals surface area contributed by atoms with Crippen LogP contribution in [0.3, 0.4) is 0 Å². The van der Waals surface area contributed by atoms with Gasteiger partial charge in [-0.3, -0.25) is 9.59 Å². The van der Waals surface area contributed by atoms with Crippen LogP contribution in [0.4, 0.5) is 0 Å². The van der Waals surface area contributed by atoms with Gasteiger partial charge in [0.1, 0.15) is 0 Å². The molecule has 25 heavy (non-hydrogen) atoms. The Kier molecular flexibility index (Phi) is 4.88. The Morgan fingerprint density at radius 1 is 1.04 bits per heavy atom. The Morgan fingerprint density at radius 2 is 1.80 bits per heavy atom. The molecule has 1 aliphatic rings. The molecule has 0 saturated heterocycles. The number of hydrogen-bond acceptors (Lipinski definition) is 2. The molecule has 0 unspecified atom stereocenters. The standard InChI is InChI=1S/C21H24N2O2/c1-3-22-19(24)17-8-5-7-16(13-17)14-23-20(25)21(10-11-21)18-9-4-6-15(2)12-18/h4-9,12-13H,3,10-11,14H2,1-2H3,(H,22,24)(H,23,25). The van der Waals surface area contributed by atoms with Crippen molar-refractivity contribution in [3.8, 4) is 0 Å². The summed E-state index contributed by atoms with van der Waals surface area (Å²) >= 11 is 0. The van der Waals surface area contributed by atoms with Crippen LogP contribution in [0.5, 0.6) is 0 Å². The second-order valence-corrected chi connectivity index (χ2v) is 6.69.